The largest absolute Gasteiger partial charge is 0.308 e. The molecule has 2 atom stereocenters. The van der Waals surface area contributed by atoms with Crippen LogP contribution in [0, 0.1) is 5.92 Å². The van der Waals surface area contributed by atoms with E-state index >= 15 is 0 Å². The predicted octanol–water partition coefficient (Wildman–Crippen LogP) is 3.77. The van der Waals surface area contributed by atoms with E-state index in [0.29, 0.717) is 12.1 Å². The summed E-state index contributed by atoms with van der Waals surface area (Å²) in [5.74, 6) is 0.778. The fourth-order valence-electron chi connectivity index (χ4n) is 2.18. The molecule has 0 saturated heterocycles. The molecule has 0 spiro atoms. The zero-order valence-electron chi connectivity index (χ0n) is 12.4. The smallest absolute Gasteiger partial charge is 0.0386 e. The minimum atomic E-state index is 0.471. The van der Waals surface area contributed by atoms with Gasteiger partial charge in [0.25, 0.3) is 0 Å². The molecule has 104 valence electrons. The fraction of sp³-hybridized carbons (Fsp3) is 0.733. The highest BCUT2D eigenvalue weighted by Gasteiger charge is 2.11. The molecule has 0 amide bonds. The number of thiophene rings is 1. The molecule has 18 heavy (non-hydrogen) atoms. The van der Waals surface area contributed by atoms with Crippen molar-refractivity contribution in [1.82, 2.24) is 10.2 Å². The molecular formula is C15H28N2S. The van der Waals surface area contributed by atoms with E-state index in [9.17, 15) is 0 Å². The Morgan fingerprint density at radius 2 is 2.00 bits per heavy atom. The van der Waals surface area contributed by atoms with Crippen molar-refractivity contribution in [3.8, 4) is 0 Å². The van der Waals surface area contributed by atoms with Crippen molar-refractivity contribution in [2.75, 3.05) is 20.1 Å². The van der Waals surface area contributed by atoms with Crippen molar-refractivity contribution in [2.24, 2.45) is 5.92 Å². The van der Waals surface area contributed by atoms with E-state index in [4.69, 9.17) is 0 Å². The topological polar surface area (TPSA) is 15.3 Å². The number of nitrogens with one attached hydrogen (secondary N) is 1. The van der Waals surface area contributed by atoms with Gasteiger partial charge in [0.15, 0.2) is 0 Å². The highest BCUT2D eigenvalue weighted by Crippen LogP contribution is 2.17. The SMILES string of the molecule is CC(C)CC(C)N(C)CCNC(C)c1cccs1. The number of hydrogen-bond acceptors (Lipinski definition) is 3. The molecule has 0 aliphatic rings. The van der Waals surface area contributed by atoms with E-state index in [-0.39, 0.29) is 0 Å². The van der Waals surface area contributed by atoms with E-state index in [1.165, 1.54) is 11.3 Å². The van der Waals surface area contributed by atoms with Crippen LogP contribution in [0.5, 0.6) is 0 Å². The third-order valence-corrected chi connectivity index (χ3v) is 4.50. The van der Waals surface area contributed by atoms with Gasteiger partial charge in [0.05, 0.1) is 0 Å². The van der Waals surface area contributed by atoms with Crippen LogP contribution in [0.3, 0.4) is 0 Å². The summed E-state index contributed by atoms with van der Waals surface area (Å²) >= 11 is 1.83. The minimum Gasteiger partial charge on any atom is -0.308 e. The summed E-state index contributed by atoms with van der Waals surface area (Å²) in [6.45, 7) is 11.3. The van der Waals surface area contributed by atoms with Crippen LogP contribution in [0.2, 0.25) is 0 Å². The third-order valence-electron chi connectivity index (χ3n) is 3.45. The Bertz CT molecular complexity index is 308. The molecule has 1 heterocycles. The summed E-state index contributed by atoms with van der Waals surface area (Å²) in [4.78, 5) is 3.88. The van der Waals surface area contributed by atoms with Gasteiger partial charge < -0.3 is 10.2 Å². The highest BCUT2D eigenvalue weighted by atomic mass is 32.1. The Balaban J connectivity index is 2.21. The minimum absolute atomic E-state index is 0.471. The van der Waals surface area contributed by atoms with E-state index in [1.54, 1.807) is 0 Å². The van der Waals surface area contributed by atoms with Gasteiger partial charge in [0.1, 0.15) is 0 Å². The summed E-state index contributed by atoms with van der Waals surface area (Å²) in [6, 6.07) is 5.46. The van der Waals surface area contributed by atoms with E-state index < -0.39 is 0 Å². The monoisotopic (exact) mass is 268 g/mol. The molecule has 0 saturated carbocycles. The second-order valence-electron chi connectivity index (χ2n) is 5.65. The number of likely N-dealkylation sites (N-methyl/N-ethyl adjacent to an activating group) is 1. The highest BCUT2D eigenvalue weighted by molar-refractivity contribution is 7.10. The maximum absolute atomic E-state index is 3.59. The molecule has 0 radical (unpaired) electrons. The van der Waals surface area contributed by atoms with Crippen LogP contribution in [0.15, 0.2) is 17.5 Å². The van der Waals surface area contributed by atoms with Crippen LogP contribution < -0.4 is 5.32 Å². The second kappa shape index (κ2) is 7.93. The van der Waals surface area contributed by atoms with Crippen molar-refractivity contribution < 1.29 is 0 Å². The first-order valence-electron chi connectivity index (χ1n) is 6.97. The molecule has 3 heteroatoms. The summed E-state index contributed by atoms with van der Waals surface area (Å²) in [7, 11) is 2.23. The van der Waals surface area contributed by atoms with Crippen molar-refractivity contribution in [3.05, 3.63) is 22.4 Å². The van der Waals surface area contributed by atoms with Crippen molar-refractivity contribution >= 4 is 11.3 Å². The maximum atomic E-state index is 3.59. The van der Waals surface area contributed by atoms with Gasteiger partial charge in [-0.3, -0.25) is 0 Å². The fourth-order valence-corrected chi connectivity index (χ4v) is 2.94. The Morgan fingerprint density at radius 3 is 2.56 bits per heavy atom. The lowest BCUT2D eigenvalue weighted by atomic mass is 10.0. The quantitative estimate of drug-likeness (QED) is 0.772. The number of nitrogens with zero attached hydrogens (tertiary/aromatic N) is 1. The van der Waals surface area contributed by atoms with Gasteiger partial charge >= 0.3 is 0 Å². The zero-order valence-corrected chi connectivity index (χ0v) is 13.3. The molecule has 1 N–H and O–H groups in total. The van der Waals surface area contributed by atoms with Gasteiger partial charge in [-0.1, -0.05) is 19.9 Å². The molecule has 0 aliphatic heterocycles. The Labute approximate surface area is 116 Å². The van der Waals surface area contributed by atoms with Gasteiger partial charge in [-0.05, 0) is 44.7 Å². The molecule has 0 aromatic carbocycles. The normalized spacial score (nSPS) is 15.3. The summed E-state index contributed by atoms with van der Waals surface area (Å²) in [5.41, 5.74) is 0. The van der Waals surface area contributed by atoms with Crippen LogP contribution in [-0.2, 0) is 0 Å². The predicted molar refractivity (Wildman–Crippen MR) is 82.3 cm³/mol. The average molecular weight is 268 g/mol. The molecule has 2 unspecified atom stereocenters. The molecule has 1 aromatic rings. The van der Waals surface area contributed by atoms with Crippen LogP contribution in [0.4, 0.5) is 0 Å². The first kappa shape index (κ1) is 15.7. The number of rotatable bonds is 8. The first-order valence-corrected chi connectivity index (χ1v) is 7.85. The van der Waals surface area contributed by atoms with Gasteiger partial charge in [-0.2, -0.15) is 0 Å². The van der Waals surface area contributed by atoms with Crippen molar-refractivity contribution in [2.45, 2.75) is 46.2 Å². The standard InChI is InChI=1S/C15H28N2S/c1-12(2)11-13(3)17(5)9-8-16-14(4)15-7-6-10-18-15/h6-7,10,12-14,16H,8-9,11H2,1-5H3. The third kappa shape index (κ3) is 5.51. The van der Waals surface area contributed by atoms with Crippen molar-refractivity contribution in [3.63, 3.8) is 0 Å². The molecule has 1 rings (SSSR count). The maximum Gasteiger partial charge on any atom is 0.0386 e. The Kier molecular flexibility index (Phi) is 6.90. The lowest BCUT2D eigenvalue weighted by Gasteiger charge is -2.26. The summed E-state index contributed by atoms with van der Waals surface area (Å²) in [6.07, 6.45) is 1.27. The van der Waals surface area contributed by atoms with Gasteiger partial charge in [0, 0.05) is 30.1 Å². The van der Waals surface area contributed by atoms with E-state index in [1.807, 2.05) is 11.3 Å². The van der Waals surface area contributed by atoms with Gasteiger partial charge in [0.2, 0.25) is 0 Å². The molecule has 0 aliphatic carbocycles. The molecule has 1 aromatic heterocycles. The molecule has 0 bridgehead atoms. The van der Waals surface area contributed by atoms with E-state index in [2.05, 4.69) is 62.5 Å². The van der Waals surface area contributed by atoms with Crippen LogP contribution in [-0.4, -0.2) is 31.1 Å². The zero-order chi connectivity index (χ0) is 13.5. The molecule has 0 fully saturated rings. The Morgan fingerprint density at radius 1 is 1.28 bits per heavy atom. The van der Waals surface area contributed by atoms with Crippen LogP contribution >= 0.6 is 11.3 Å². The van der Waals surface area contributed by atoms with Gasteiger partial charge in [-0.25, -0.2) is 0 Å². The van der Waals surface area contributed by atoms with Crippen molar-refractivity contribution in [1.29, 1.82) is 0 Å². The second-order valence-corrected chi connectivity index (χ2v) is 6.63. The van der Waals surface area contributed by atoms with Crippen LogP contribution in [0.25, 0.3) is 0 Å². The average Bonchev–Trinajstić information content (AvgIpc) is 2.81. The molecular weight excluding hydrogens is 240 g/mol. The molecule has 2 nitrogen and oxygen atoms in total. The summed E-state index contributed by atoms with van der Waals surface area (Å²) in [5, 5.41) is 5.74. The number of hydrogen-bond donors (Lipinski definition) is 1. The van der Waals surface area contributed by atoms with Crippen LogP contribution in [0.1, 0.15) is 45.0 Å². The Hall–Kier alpha value is -0.380. The lowest BCUT2D eigenvalue weighted by molar-refractivity contribution is 0.226. The first-order chi connectivity index (χ1) is 8.50. The van der Waals surface area contributed by atoms with E-state index in [0.717, 1.165) is 19.0 Å². The summed E-state index contributed by atoms with van der Waals surface area (Å²) < 4.78 is 0. The van der Waals surface area contributed by atoms with Gasteiger partial charge in [-0.15, -0.1) is 11.3 Å². The lowest BCUT2D eigenvalue weighted by Crippen LogP contribution is -2.36.